The molecule has 0 bridgehead atoms. The van der Waals surface area contributed by atoms with E-state index in [4.69, 9.17) is 0 Å². The van der Waals surface area contributed by atoms with Gasteiger partial charge in [0.05, 0.1) is 22.3 Å². The second-order valence-electron chi connectivity index (χ2n) is 17.4. The van der Waals surface area contributed by atoms with Crippen LogP contribution in [0.2, 0.25) is 0 Å². The first-order chi connectivity index (χ1) is 21.4. The normalized spacial score (nSPS) is 13.6. The van der Waals surface area contributed by atoms with Crippen LogP contribution < -0.4 is 0 Å². The Balaban J connectivity index is 1.93. The van der Waals surface area contributed by atoms with Gasteiger partial charge in [0, 0.05) is 16.3 Å². The predicted molar refractivity (Wildman–Crippen MR) is 192 cm³/mol. The number of nitrogens with zero attached hydrogens (tertiary/aromatic N) is 1. The highest BCUT2D eigenvalue weighted by atomic mass is 19.4. The number of fused-ring (bicyclic) bond motifs is 3. The third-order valence-corrected chi connectivity index (χ3v) is 9.30. The average molecular weight is 642 g/mol. The molecule has 1 heterocycles. The van der Waals surface area contributed by atoms with Gasteiger partial charge in [-0.25, -0.2) is 0 Å². The summed E-state index contributed by atoms with van der Waals surface area (Å²) in [5.74, 6) is -0.0439. The Kier molecular flexibility index (Phi) is 8.23. The highest BCUT2D eigenvalue weighted by Gasteiger charge is 2.33. The maximum absolute atomic E-state index is 14.0. The lowest BCUT2D eigenvalue weighted by Crippen LogP contribution is -2.25. The largest absolute Gasteiger partial charge is 0.505 e. The molecular formula is C42H50F3NO. The summed E-state index contributed by atoms with van der Waals surface area (Å²) in [4.78, 5) is 0. The van der Waals surface area contributed by atoms with E-state index in [0.717, 1.165) is 45.9 Å². The maximum Gasteiger partial charge on any atom is 0.416 e. The lowest BCUT2D eigenvalue weighted by Gasteiger charge is -2.34. The molecule has 0 aliphatic rings. The number of halogens is 3. The standard InChI is InChI=1S/C42H50F3NO/c1-25-17-26(19-30(18-25)42(43,44)45)31-22-29(41(11,12)24-38(2,3)4)23-36(37(31)47)46-34-15-13-27(39(5,6)7)20-32(34)33-21-28(40(8,9)10)14-16-35(33)46/h13-23,47H,24H2,1-12H3. The van der Waals surface area contributed by atoms with Crippen LogP contribution >= 0.6 is 0 Å². The lowest BCUT2D eigenvalue weighted by molar-refractivity contribution is -0.137. The first kappa shape index (κ1) is 34.6. The zero-order valence-electron chi connectivity index (χ0n) is 30.1. The molecule has 47 heavy (non-hydrogen) atoms. The minimum Gasteiger partial charge on any atom is -0.505 e. The molecule has 0 atom stereocenters. The van der Waals surface area contributed by atoms with Gasteiger partial charge in [-0.2, -0.15) is 13.2 Å². The van der Waals surface area contributed by atoms with Crippen LogP contribution in [0.5, 0.6) is 5.75 Å². The van der Waals surface area contributed by atoms with Crippen LogP contribution in [0.4, 0.5) is 13.2 Å². The number of alkyl halides is 3. The highest BCUT2D eigenvalue weighted by molar-refractivity contribution is 6.10. The molecule has 1 N–H and O–H groups in total. The number of rotatable bonds is 4. The minimum atomic E-state index is -4.51. The lowest BCUT2D eigenvalue weighted by atomic mass is 9.71. The van der Waals surface area contributed by atoms with Crippen molar-refractivity contribution in [1.82, 2.24) is 4.57 Å². The second-order valence-corrected chi connectivity index (χ2v) is 17.4. The number of aromatic nitrogens is 1. The summed E-state index contributed by atoms with van der Waals surface area (Å²) in [6.07, 6.45) is -3.67. The number of aryl methyl sites for hydroxylation is 1. The van der Waals surface area contributed by atoms with E-state index in [-0.39, 0.29) is 27.4 Å². The van der Waals surface area contributed by atoms with Crippen LogP contribution in [0, 0.1) is 12.3 Å². The third kappa shape index (κ3) is 6.82. The molecular weight excluding hydrogens is 591 g/mol. The van der Waals surface area contributed by atoms with Gasteiger partial charge < -0.3 is 9.67 Å². The summed E-state index contributed by atoms with van der Waals surface area (Å²) in [5.41, 5.74) is 5.79. The molecule has 0 saturated heterocycles. The fourth-order valence-corrected chi connectivity index (χ4v) is 7.15. The van der Waals surface area contributed by atoms with Crippen molar-refractivity contribution in [2.75, 3.05) is 0 Å². The van der Waals surface area contributed by atoms with E-state index < -0.39 is 11.7 Å². The molecule has 0 saturated carbocycles. The van der Waals surface area contributed by atoms with E-state index in [0.29, 0.717) is 22.4 Å². The van der Waals surface area contributed by atoms with Gasteiger partial charge >= 0.3 is 6.18 Å². The van der Waals surface area contributed by atoms with Crippen LogP contribution in [0.3, 0.4) is 0 Å². The molecule has 0 fully saturated rings. The van der Waals surface area contributed by atoms with Crippen molar-refractivity contribution in [2.24, 2.45) is 5.41 Å². The Morgan fingerprint density at radius 3 is 1.55 bits per heavy atom. The summed E-state index contributed by atoms with van der Waals surface area (Å²) >= 11 is 0. The van der Waals surface area contributed by atoms with Crippen molar-refractivity contribution in [2.45, 2.75) is 112 Å². The summed E-state index contributed by atoms with van der Waals surface area (Å²) in [6.45, 7) is 25.8. The Morgan fingerprint density at radius 2 is 1.11 bits per heavy atom. The van der Waals surface area contributed by atoms with Gasteiger partial charge in [-0.3, -0.25) is 0 Å². The number of phenolic OH excluding ortho intramolecular Hbond substituents is 1. The van der Waals surface area contributed by atoms with Crippen molar-refractivity contribution in [1.29, 1.82) is 0 Å². The van der Waals surface area contributed by atoms with Crippen molar-refractivity contribution in [3.05, 3.63) is 94.5 Å². The predicted octanol–water partition coefficient (Wildman–Crippen LogP) is 12.8. The quantitative estimate of drug-likeness (QED) is 0.208. The molecule has 250 valence electrons. The van der Waals surface area contributed by atoms with Gasteiger partial charge in [-0.1, -0.05) is 94.4 Å². The molecule has 0 aliphatic carbocycles. The van der Waals surface area contributed by atoms with Crippen molar-refractivity contribution in [3.63, 3.8) is 0 Å². The minimum absolute atomic E-state index is 0.00589. The Morgan fingerprint density at radius 1 is 0.596 bits per heavy atom. The van der Waals surface area contributed by atoms with Crippen molar-refractivity contribution < 1.29 is 18.3 Å². The number of hydrogen-bond donors (Lipinski definition) is 1. The average Bonchev–Trinajstić information content (AvgIpc) is 3.23. The fraction of sp³-hybridized carbons (Fsp3) is 0.429. The highest BCUT2D eigenvalue weighted by Crippen LogP contribution is 2.46. The van der Waals surface area contributed by atoms with Crippen LogP contribution in [0.15, 0.2) is 66.7 Å². The molecule has 0 radical (unpaired) electrons. The van der Waals surface area contributed by atoms with E-state index in [2.05, 4.69) is 117 Å². The van der Waals surface area contributed by atoms with Gasteiger partial charge in [0.2, 0.25) is 0 Å². The number of hydrogen-bond acceptors (Lipinski definition) is 1. The molecule has 0 aliphatic heterocycles. The molecule has 4 aromatic carbocycles. The van der Waals surface area contributed by atoms with Gasteiger partial charge in [0.15, 0.2) is 0 Å². The molecule has 5 rings (SSSR count). The van der Waals surface area contributed by atoms with Crippen molar-refractivity contribution in [3.8, 4) is 22.6 Å². The molecule has 2 nitrogen and oxygen atoms in total. The number of phenols is 1. The van der Waals surface area contributed by atoms with E-state index in [9.17, 15) is 18.3 Å². The molecule has 5 aromatic rings. The molecule has 0 unspecified atom stereocenters. The van der Waals surface area contributed by atoms with Crippen molar-refractivity contribution >= 4 is 21.8 Å². The number of benzene rings is 4. The van der Waals surface area contributed by atoms with E-state index in [1.54, 1.807) is 13.0 Å². The molecule has 1 aromatic heterocycles. The zero-order valence-corrected chi connectivity index (χ0v) is 30.1. The van der Waals surface area contributed by atoms with E-state index in [1.165, 1.54) is 11.1 Å². The number of aromatic hydroxyl groups is 1. The van der Waals surface area contributed by atoms with Gasteiger partial charge in [-0.15, -0.1) is 0 Å². The Bertz CT molecular complexity index is 1920. The van der Waals surface area contributed by atoms with Crippen LogP contribution in [0.1, 0.15) is 110 Å². The maximum atomic E-state index is 14.0. The smallest absolute Gasteiger partial charge is 0.416 e. The van der Waals surface area contributed by atoms with Crippen LogP contribution in [-0.4, -0.2) is 9.67 Å². The summed E-state index contributed by atoms with van der Waals surface area (Å²) in [7, 11) is 0. The Labute approximate surface area is 278 Å². The molecule has 5 heteroatoms. The Hall–Kier alpha value is -3.73. The van der Waals surface area contributed by atoms with Gasteiger partial charge in [0.1, 0.15) is 5.75 Å². The summed E-state index contributed by atoms with van der Waals surface area (Å²) < 4.78 is 44.2. The monoisotopic (exact) mass is 641 g/mol. The topological polar surface area (TPSA) is 25.2 Å². The van der Waals surface area contributed by atoms with Crippen LogP contribution in [-0.2, 0) is 22.4 Å². The SMILES string of the molecule is Cc1cc(-c2cc(C(C)(C)CC(C)(C)C)cc(-n3c4ccc(C(C)(C)C)cc4c4cc(C(C)(C)C)ccc43)c2O)cc(C(F)(F)F)c1. The van der Waals surface area contributed by atoms with Crippen LogP contribution in [0.25, 0.3) is 38.6 Å². The fourth-order valence-electron chi connectivity index (χ4n) is 7.15. The van der Waals surface area contributed by atoms with E-state index >= 15 is 0 Å². The molecule has 0 spiro atoms. The first-order valence-corrected chi connectivity index (χ1v) is 16.5. The van der Waals surface area contributed by atoms with E-state index in [1.807, 2.05) is 12.1 Å². The summed E-state index contributed by atoms with van der Waals surface area (Å²) in [6, 6.07) is 21.0. The zero-order chi connectivity index (χ0) is 35.1. The summed E-state index contributed by atoms with van der Waals surface area (Å²) in [5, 5.41) is 14.4. The van der Waals surface area contributed by atoms with Gasteiger partial charge in [-0.05, 0) is 111 Å². The third-order valence-electron chi connectivity index (χ3n) is 9.30. The van der Waals surface area contributed by atoms with Gasteiger partial charge in [0.25, 0.3) is 0 Å². The first-order valence-electron chi connectivity index (χ1n) is 16.5. The second kappa shape index (κ2) is 11.2. The molecule has 0 amide bonds.